The van der Waals surface area contributed by atoms with Crippen LogP contribution in [0.2, 0.25) is 5.02 Å². The van der Waals surface area contributed by atoms with Crippen molar-refractivity contribution in [3.05, 3.63) is 81.4 Å². The van der Waals surface area contributed by atoms with Crippen LogP contribution in [-0.2, 0) is 11.3 Å². The van der Waals surface area contributed by atoms with E-state index in [0.717, 1.165) is 35.2 Å². The summed E-state index contributed by atoms with van der Waals surface area (Å²) >= 11 is 6.01. The van der Waals surface area contributed by atoms with Crippen LogP contribution in [0.4, 0.5) is 0 Å². The van der Waals surface area contributed by atoms with Gasteiger partial charge in [-0.15, -0.1) is 0 Å². The molecule has 1 aliphatic rings. The maximum absolute atomic E-state index is 13.1. The van der Waals surface area contributed by atoms with Crippen LogP contribution in [0, 0.1) is 6.92 Å². The fourth-order valence-corrected chi connectivity index (χ4v) is 3.69. The van der Waals surface area contributed by atoms with Gasteiger partial charge in [-0.1, -0.05) is 53.6 Å². The molecule has 1 saturated carbocycles. The van der Waals surface area contributed by atoms with Crippen molar-refractivity contribution in [1.82, 2.24) is 14.5 Å². The van der Waals surface area contributed by atoms with Crippen LogP contribution < -0.4 is 11.0 Å². The quantitative estimate of drug-likeness (QED) is 0.652. The largest absolute Gasteiger partial charge is 0.350 e. The fraction of sp³-hybridized carbons (Fsp3) is 0.304. The lowest BCUT2D eigenvalue weighted by atomic mass is 10.1. The molecule has 1 aliphatic carbocycles. The van der Waals surface area contributed by atoms with E-state index in [4.69, 9.17) is 11.6 Å². The first kappa shape index (κ1) is 19.5. The minimum absolute atomic E-state index is 0.143. The predicted octanol–water partition coefficient (Wildman–Crippen LogP) is 4.49. The zero-order chi connectivity index (χ0) is 20.5. The molecule has 1 atom stereocenters. The third kappa shape index (κ3) is 4.15. The first-order chi connectivity index (χ1) is 13.9. The Labute approximate surface area is 174 Å². The van der Waals surface area contributed by atoms with Gasteiger partial charge in [-0.05, 0) is 49.9 Å². The first-order valence-electron chi connectivity index (χ1n) is 9.86. The lowest BCUT2D eigenvalue weighted by Crippen LogP contribution is -2.35. The van der Waals surface area contributed by atoms with Crippen LogP contribution in [-0.4, -0.2) is 15.0 Å². The molecule has 6 heteroatoms. The monoisotopic (exact) mass is 409 g/mol. The lowest BCUT2D eigenvalue weighted by molar-refractivity contribution is -0.124. The van der Waals surface area contributed by atoms with Crippen LogP contribution in [0.3, 0.4) is 0 Å². The highest BCUT2D eigenvalue weighted by molar-refractivity contribution is 6.30. The highest BCUT2D eigenvalue weighted by Gasteiger charge is 2.31. The van der Waals surface area contributed by atoms with E-state index in [9.17, 15) is 9.59 Å². The van der Waals surface area contributed by atoms with Gasteiger partial charge in [0.05, 0.1) is 5.69 Å². The van der Waals surface area contributed by atoms with Crippen molar-refractivity contribution < 1.29 is 4.79 Å². The van der Waals surface area contributed by atoms with Gasteiger partial charge in [0, 0.05) is 23.8 Å². The van der Waals surface area contributed by atoms with Gasteiger partial charge in [-0.25, -0.2) is 4.79 Å². The van der Waals surface area contributed by atoms with Gasteiger partial charge in [0.25, 0.3) is 0 Å². The van der Waals surface area contributed by atoms with Crippen LogP contribution in [0.1, 0.15) is 43.0 Å². The van der Waals surface area contributed by atoms with Gasteiger partial charge >= 0.3 is 5.69 Å². The summed E-state index contributed by atoms with van der Waals surface area (Å²) in [7, 11) is 0. The zero-order valence-corrected chi connectivity index (χ0v) is 17.3. The predicted molar refractivity (Wildman–Crippen MR) is 115 cm³/mol. The maximum atomic E-state index is 13.1. The Morgan fingerprint density at radius 2 is 1.93 bits per heavy atom. The Bertz CT molecular complexity index is 1090. The van der Waals surface area contributed by atoms with E-state index >= 15 is 0 Å². The Morgan fingerprint density at radius 3 is 2.59 bits per heavy atom. The molecule has 1 aromatic heterocycles. The van der Waals surface area contributed by atoms with E-state index < -0.39 is 6.04 Å². The third-order valence-electron chi connectivity index (χ3n) is 5.35. The van der Waals surface area contributed by atoms with Gasteiger partial charge in [0.2, 0.25) is 5.91 Å². The molecular weight excluding hydrogens is 386 g/mol. The molecule has 1 unspecified atom stereocenters. The number of hydrogen-bond donors (Lipinski definition) is 1. The molecular formula is C23H24ClN3O2. The van der Waals surface area contributed by atoms with Crippen molar-refractivity contribution in [2.45, 2.75) is 45.3 Å². The van der Waals surface area contributed by atoms with E-state index in [1.807, 2.05) is 60.0 Å². The van der Waals surface area contributed by atoms with Crippen LogP contribution in [0.15, 0.2) is 59.5 Å². The molecule has 4 rings (SSSR count). The van der Waals surface area contributed by atoms with Crippen molar-refractivity contribution in [2.75, 3.05) is 0 Å². The Hall–Kier alpha value is -2.79. The molecule has 29 heavy (non-hydrogen) atoms. The standard InChI is InChI=1S/C23H24ClN3O2/c1-15-4-3-5-17(12-15)13-25-22(28)16(2)26-14-21(18-6-8-19(24)9-7-18)27(23(26)29)20-10-11-20/h3-9,12,14,16,20H,10-11,13H2,1-2H3,(H,25,28). The highest BCUT2D eigenvalue weighted by Crippen LogP contribution is 2.37. The number of aromatic nitrogens is 2. The SMILES string of the molecule is Cc1cccc(CNC(=O)C(C)n2cc(-c3ccc(Cl)cc3)n(C3CC3)c2=O)c1. The number of nitrogens with one attached hydrogen (secondary N) is 1. The normalized spacial score (nSPS) is 14.6. The molecule has 2 aromatic carbocycles. The van der Waals surface area contributed by atoms with Gasteiger partial charge in [0.1, 0.15) is 6.04 Å². The third-order valence-corrected chi connectivity index (χ3v) is 5.60. The number of hydrogen-bond acceptors (Lipinski definition) is 2. The number of carbonyl (C=O) groups excluding carboxylic acids is 1. The molecule has 0 aliphatic heterocycles. The molecule has 150 valence electrons. The fourth-order valence-electron chi connectivity index (χ4n) is 3.56. The molecule has 1 N–H and O–H groups in total. The van der Waals surface area contributed by atoms with Crippen molar-refractivity contribution >= 4 is 17.5 Å². The highest BCUT2D eigenvalue weighted by atomic mass is 35.5. The first-order valence-corrected chi connectivity index (χ1v) is 10.2. The van der Waals surface area contributed by atoms with E-state index in [0.29, 0.717) is 11.6 Å². The van der Waals surface area contributed by atoms with E-state index in [1.165, 1.54) is 4.57 Å². The molecule has 1 fully saturated rings. The number of aryl methyl sites for hydroxylation is 1. The summed E-state index contributed by atoms with van der Waals surface area (Å²) in [6, 6.07) is 15.1. The molecule has 1 heterocycles. The average molecular weight is 410 g/mol. The van der Waals surface area contributed by atoms with Crippen molar-refractivity contribution in [3.63, 3.8) is 0 Å². The second kappa shape index (κ2) is 7.91. The van der Waals surface area contributed by atoms with Crippen LogP contribution >= 0.6 is 11.6 Å². The number of imidazole rings is 1. The molecule has 1 amide bonds. The van der Waals surface area contributed by atoms with E-state index in [-0.39, 0.29) is 17.6 Å². The summed E-state index contributed by atoms with van der Waals surface area (Å²) in [4.78, 5) is 25.8. The van der Waals surface area contributed by atoms with Crippen molar-refractivity contribution in [2.24, 2.45) is 0 Å². The summed E-state index contributed by atoms with van der Waals surface area (Å²) < 4.78 is 3.35. The van der Waals surface area contributed by atoms with Crippen molar-refractivity contribution in [3.8, 4) is 11.3 Å². The van der Waals surface area contributed by atoms with Gasteiger partial charge in [-0.3, -0.25) is 13.9 Å². The smallest absolute Gasteiger partial charge is 0.329 e. The van der Waals surface area contributed by atoms with E-state index in [2.05, 4.69) is 5.32 Å². The molecule has 0 saturated heterocycles. The Balaban J connectivity index is 1.59. The summed E-state index contributed by atoms with van der Waals surface area (Å²) in [5.74, 6) is -0.177. The van der Waals surface area contributed by atoms with Gasteiger partial charge in [-0.2, -0.15) is 0 Å². The summed E-state index contributed by atoms with van der Waals surface area (Å²) in [6.07, 6.45) is 3.76. The topological polar surface area (TPSA) is 56.0 Å². The Morgan fingerprint density at radius 1 is 1.21 bits per heavy atom. The molecule has 0 spiro atoms. The van der Waals surface area contributed by atoms with E-state index in [1.54, 1.807) is 13.1 Å². The zero-order valence-electron chi connectivity index (χ0n) is 16.6. The second-order valence-electron chi connectivity index (χ2n) is 7.70. The lowest BCUT2D eigenvalue weighted by Gasteiger charge is -2.13. The van der Waals surface area contributed by atoms with Crippen LogP contribution in [0.5, 0.6) is 0 Å². The molecule has 5 nitrogen and oxygen atoms in total. The number of carbonyl (C=O) groups is 1. The van der Waals surface area contributed by atoms with Crippen LogP contribution in [0.25, 0.3) is 11.3 Å². The number of halogens is 1. The molecule has 0 bridgehead atoms. The summed E-state index contributed by atoms with van der Waals surface area (Å²) in [5, 5.41) is 3.60. The van der Waals surface area contributed by atoms with Gasteiger partial charge in [0.15, 0.2) is 0 Å². The maximum Gasteiger partial charge on any atom is 0.329 e. The molecule has 0 radical (unpaired) electrons. The van der Waals surface area contributed by atoms with Gasteiger partial charge < -0.3 is 5.32 Å². The minimum atomic E-state index is -0.599. The van der Waals surface area contributed by atoms with Crippen molar-refractivity contribution in [1.29, 1.82) is 0 Å². The Kier molecular flexibility index (Phi) is 5.33. The number of benzene rings is 2. The number of rotatable bonds is 6. The number of amides is 1. The summed E-state index contributed by atoms with van der Waals surface area (Å²) in [5.41, 5.74) is 3.79. The summed E-state index contributed by atoms with van der Waals surface area (Å²) in [6.45, 7) is 4.22. The average Bonchev–Trinajstić information content (AvgIpc) is 3.49. The molecule has 3 aromatic rings. The second-order valence-corrected chi connectivity index (χ2v) is 8.13. The minimum Gasteiger partial charge on any atom is -0.350 e. The number of nitrogens with zero attached hydrogens (tertiary/aromatic N) is 2.